The number of carbonyl (C=O) groups is 1. The normalized spacial score (nSPS) is 25.4. The van der Waals surface area contributed by atoms with Gasteiger partial charge in [-0.3, -0.25) is 4.79 Å². The molecule has 0 bridgehead atoms. The third-order valence-electron chi connectivity index (χ3n) is 2.63. The fraction of sp³-hybridized carbons (Fsp3) is 0.300. The number of anilines is 2. The lowest BCUT2D eigenvalue weighted by molar-refractivity contribution is -0.133. The Morgan fingerprint density at radius 1 is 1.50 bits per heavy atom. The highest BCUT2D eigenvalue weighted by Gasteiger charge is 2.44. The number of rotatable bonds is 0. The second-order valence-electron chi connectivity index (χ2n) is 3.71. The lowest BCUT2D eigenvalue weighted by atomic mass is 9.97. The minimum atomic E-state index is -1.44. The van der Waals surface area contributed by atoms with E-state index < -0.39 is 5.60 Å². The van der Waals surface area contributed by atoms with Gasteiger partial charge in [0.2, 0.25) is 0 Å². The predicted octanol–water partition coefficient (Wildman–Crippen LogP) is 0.453. The molecule has 1 aliphatic heterocycles. The van der Waals surface area contributed by atoms with E-state index in [-0.39, 0.29) is 5.91 Å². The molecule has 74 valence electrons. The summed E-state index contributed by atoms with van der Waals surface area (Å²) >= 11 is 0. The highest BCUT2D eigenvalue weighted by Crippen LogP contribution is 2.39. The van der Waals surface area contributed by atoms with Crippen molar-refractivity contribution in [3.8, 4) is 0 Å². The molecular weight excluding hydrogens is 180 g/mol. The van der Waals surface area contributed by atoms with Crippen molar-refractivity contribution < 1.29 is 9.90 Å². The van der Waals surface area contributed by atoms with Crippen LogP contribution in [0.5, 0.6) is 0 Å². The van der Waals surface area contributed by atoms with E-state index in [1.54, 1.807) is 25.2 Å². The Bertz CT molecular complexity index is 413. The van der Waals surface area contributed by atoms with E-state index in [1.165, 1.54) is 11.8 Å². The van der Waals surface area contributed by atoms with E-state index in [0.717, 1.165) is 0 Å². The highest BCUT2D eigenvalue weighted by molar-refractivity contribution is 6.06. The van der Waals surface area contributed by atoms with Gasteiger partial charge in [-0.2, -0.15) is 0 Å². The molecule has 0 radical (unpaired) electrons. The molecule has 1 amide bonds. The van der Waals surface area contributed by atoms with Crippen molar-refractivity contribution in [3.63, 3.8) is 0 Å². The molecule has 2 rings (SSSR count). The van der Waals surface area contributed by atoms with Crippen molar-refractivity contribution in [2.75, 3.05) is 17.7 Å². The summed E-state index contributed by atoms with van der Waals surface area (Å²) < 4.78 is 0. The van der Waals surface area contributed by atoms with Crippen LogP contribution in [0.2, 0.25) is 0 Å². The maximum Gasteiger partial charge on any atom is 0.263 e. The third-order valence-corrected chi connectivity index (χ3v) is 2.63. The van der Waals surface area contributed by atoms with Crippen molar-refractivity contribution in [3.05, 3.63) is 23.8 Å². The smallest absolute Gasteiger partial charge is 0.263 e. The number of aliphatic hydroxyl groups is 1. The highest BCUT2D eigenvalue weighted by atomic mass is 16.3. The molecule has 0 saturated heterocycles. The molecular formula is C10H12N2O2. The van der Waals surface area contributed by atoms with Gasteiger partial charge in [0.1, 0.15) is 0 Å². The number of amides is 1. The molecule has 4 heteroatoms. The van der Waals surface area contributed by atoms with Crippen LogP contribution in [-0.2, 0) is 10.4 Å². The van der Waals surface area contributed by atoms with Gasteiger partial charge in [0.15, 0.2) is 5.60 Å². The molecule has 0 fully saturated rings. The molecule has 0 saturated carbocycles. The Labute approximate surface area is 81.9 Å². The van der Waals surface area contributed by atoms with E-state index >= 15 is 0 Å². The summed E-state index contributed by atoms with van der Waals surface area (Å²) in [6.45, 7) is 1.48. The zero-order chi connectivity index (χ0) is 10.5. The SMILES string of the molecule is CN1C(=O)C(C)(O)c2cc(N)ccc21. The number of nitrogens with two attached hydrogens (primary N) is 1. The first-order valence-corrected chi connectivity index (χ1v) is 4.35. The molecule has 1 aromatic carbocycles. The first-order chi connectivity index (χ1) is 6.44. The first-order valence-electron chi connectivity index (χ1n) is 4.35. The minimum Gasteiger partial charge on any atom is -0.399 e. The molecule has 4 nitrogen and oxygen atoms in total. The van der Waals surface area contributed by atoms with Gasteiger partial charge < -0.3 is 15.7 Å². The maximum atomic E-state index is 11.6. The van der Waals surface area contributed by atoms with Crippen LogP contribution in [0, 0.1) is 0 Å². The van der Waals surface area contributed by atoms with Crippen LogP contribution in [0.3, 0.4) is 0 Å². The lowest BCUT2D eigenvalue weighted by Gasteiger charge is -2.15. The summed E-state index contributed by atoms with van der Waals surface area (Å²) in [6, 6.07) is 5.09. The third kappa shape index (κ3) is 0.943. The van der Waals surface area contributed by atoms with Crippen LogP contribution in [-0.4, -0.2) is 18.1 Å². The van der Waals surface area contributed by atoms with Gasteiger partial charge in [0.25, 0.3) is 5.91 Å². The number of nitrogens with zero attached hydrogens (tertiary/aromatic N) is 1. The number of nitrogen functional groups attached to an aromatic ring is 1. The average molecular weight is 192 g/mol. The fourth-order valence-corrected chi connectivity index (χ4v) is 1.79. The largest absolute Gasteiger partial charge is 0.399 e. The van der Waals surface area contributed by atoms with Gasteiger partial charge >= 0.3 is 0 Å². The van der Waals surface area contributed by atoms with Crippen LogP contribution in [0.1, 0.15) is 12.5 Å². The Balaban J connectivity index is 2.69. The molecule has 0 spiro atoms. The molecule has 0 aromatic heterocycles. The van der Waals surface area contributed by atoms with Gasteiger partial charge in [0.05, 0.1) is 5.69 Å². The van der Waals surface area contributed by atoms with Crippen LogP contribution >= 0.6 is 0 Å². The van der Waals surface area contributed by atoms with E-state index in [2.05, 4.69) is 0 Å². The van der Waals surface area contributed by atoms with Gasteiger partial charge in [-0.15, -0.1) is 0 Å². The Hall–Kier alpha value is -1.55. The van der Waals surface area contributed by atoms with E-state index in [0.29, 0.717) is 16.9 Å². The zero-order valence-corrected chi connectivity index (χ0v) is 8.11. The van der Waals surface area contributed by atoms with Crippen molar-refractivity contribution in [2.45, 2.75) is 12.5 Å². The average Bonchev–Trinajstić information content (AvgIpc) is 2.29. The molecule has 14 heavy (non-hydrogen) atoms. The number of fused-ring (bicyclic) bond motifs is 1. The topological polar surface area (TPSA) is 66.6 Å². The van der Waals surface area contributed by atoms with Crippen LogP contribution in [0.25, 0.3) is 0 Å². The van der Waals surface area contributed by atoms with Crippen molar-refractivity contribution >= 4 is 17.3 Å². The number of hydrogen-bond donors (Lipinski definition) is 2. The lowest BCUT2D eigenvalue weighted by Crippen LogP contribution is -2.35. The van der Waals surface area contributed by atoms with Gasteiger partial charge in [-0.1, -0.05) is 0 Å². The first kappa shape index (κ1) is 9.02. The summed E-state index contributed by atoms with van der Waals surface area (Å²) in [4.78, 5) is 13.1. The molecule has 0 aliphatic carbocycles. The van der Waals surface area contributed by atoms with Crippen LogP contribution in [0.15, 0.2) is 18.2 Å². The monoisotopic (exact) mass is 192 g/mol. The van der Waals surface area contributed by atoms with Gasteiger partial charge in [-0.05, 0) is 25.1 Å². The molecule has 1 aromatic rings. The zero-order valence-electron chi connectivity index (χ0n) is 8.11. The summed E-state index contributed by atoms with van der Waals surface area (Å²) in [7, 11) is 1.64. The standard InChI is InChI=1S/C10H12N2O2/c1-10(14)7-5-6(11)3-4-8(7)12(2)9(10)13/h3-5,14H,11H2,1-2H3. The van der Waals surface area contributed by atoms with E-state index in [4.69, 9.17) is 5.73 Å². The quantitative estimate of drug-likeness (QED) is 0.586. The maximum absolute atomic E-state index is 11.6. The molecule has 1 aliphatic rings. The summed E-state index contributed by atoms with van der Waals surface area (Å²) in [5.41, 5.74) is 6.00. The van der Waals surface area contributed by atoms with Gasteiger partial charge in [0, 0.05) is 18.3 Å². The summed E-state index contributed by atoms with van der Waals surface area (Å²) in [6.07, 6.45) is 0. The Kier molecular flexibility index (Phi) is 1.60. The minimum absolute atomic E-state index is 0.321. The Morgan fingerprint density at radius 2 is 2.14 bits per heavy atom. The van der Waals surface area contributed by atoms with Crippen molar-refractivity contribution in [1.29, 1.82) is 0 Å². The second kappa shape index (κ2) is 2.48. The predicted molar refractivity (Wildman–Crippen MR) is 53.8 cm³/mol. The molecule has 3 N–H and O–H groups in total. The summed E-state index contributed by atoms with van der Waals surface area (Å²) in [5.74, 6) is -0.321. The number of likely N-dealkylation sites (N-methyl/N-ethyl adjacent to an activating group) is 1. The van der Waals surface area contributed by atoms with Crippen LogP contribution < -0.4 is 10.6 Å². The summed E-state index contributed by atoms with van der Waals surface area (Å²) in [5, 5.41) is 9.96. The number of hydrogen-bond acceptors (Lipinski definition) is 3. The molecule has 1 heterocycles. The molecule has 1 atom stereocenters. The van der Waals surface area contributed by atoms with Crippen molar-refractivity contribution in [1.82, 2.24) is 0 Å². The fourth-order valence-electron chi connectivity index (χ4n) is 1.79. The number of carbonyl (C=O) groups excluding carboxylic acids is 1. The van der Waals surface area contributed by atoms with Crippen LogP contribution in [0.4, 0.5) is 11.4 Å². The molecule has 1 unspecified atom stereocenters. The Morgan fingerprint density at radius 3 is 2.79 bits per heavy atom. The van der Waals surface area contributed by atoms with E-state index in [9.17, 15) is 9.90 Å². The second-order valence-corrected chi connectivity index (χ2v) is 3.71. The van der Waals surface area contributed by atoms with Crippen molar-refractivity contribution in [2.24, 2.45) is 0 Å². The van der Waals surface area contributed by atoms with E-state index in [1.807, 2.05) is 0 Å². The number of benzene rings is 1. The van der Waals surface area contributed by atoms with Gasteiger partial charge in [-0.25, -0.2) is 0 Å².